The first-order chi connectivity index (χ1) is 18.9. The summed E-state index contributed by atoms with van der Waals surface area (Å²) in [6.07, 6.45) is 1.27. The molecular formula is C30H30FN3O5. The lowest BCUT2D eigenvalue weighted by Gasteiger charge is -2.38. The van der Waals surface area contributed by atoms with Crippen molar-refractivity contribution in [1.82, 2.24) is 15.5 Å². The molecule has 2 N–H and O–H groups in total. The standard InChI is InChI=1S/C30H30FN3O5/c1-19(35)33-18-29(37)34-12-10-21-16-24-7-8-25(21)30(34)22-4-2-5-23(17-22)38-13-3-11-32-28(36)15-20-6-9-26(31)27(14-20)39-24/h2,4-9,14,16-17,30H,3,10-13,15,18H2,1H3,(H,32,36)(H,33,35). The first-order valence-corrected chi connectivity index (χ1v) is 13.0. The largest absolute Gasteiger partial charge is 0.494 e. The number of rotatable bonds is 2. The number of ether oxygens (including phenoxy) is 2. The van der Waals surface area contributed by atoms with E-state index in [0.29, 0.717) is 49.6 Å². The van der Waals surface area contributed by atoms with Crippen molar-refractivity contribution >= 4 is 17.7 Å². The molecule has 1 unspecified atom stereocenters. The highest BCUT2D eigenvalue weighted by Gasteiger charge is 2.32. The highest BCUT2D eigenvalue weighted by Crippen LogP contribution is 2.39. The average molecular weight is 532 g/mol. The number of nitrogens with one attached hydrogen (secondary N) is 2. The number of fused-ring (bicyclic) bond motifs is 7. The first-order valence-electron chi connectivity index (χ1n) is 13.0. The third-order valence-electron chi connectivity index (χ3n) is 6.83. The molecule has 3 amide bonds. The Balaban J connectivity index is 1.54. The number of amides is 3. The molecule has 0 saturated heterocycles. The van der Waals surface area contributed by atoms with Crippen molar-refractivity contribution in [1.29, 1.82) is 0 Å². The van der Waals surface area contributed by atoms with Crippen molar-refractivity contribution in [2.75, 3.05) is 26.2 Å². The van der Waals surface area contributed by atoms with E-state index in [1.165, 1.54) is 13.0 Å². The normalized spacial score (nSPS) is 17.0. The average Bonchev–Trinajstić information content (AvgIpc) is 2.92. The Kier molecular flexibility index (Phi) is 7.76. The summed E-state index contributed by atoms with van der Waals surface area (Å²) in [6, 6.07) is 17.1. The van der Waals surface area contributed by atoms with Crippen LogP contribution >= 0.6 is 0 Å². The quantitative estimate of drug-likeness (QED) is 0.526. The number of hydrogen-bond acceptors (Lipinski definition) is 5. The molecule has 9 heteroatoms. The number of carbonyl (C=O) groups excluding carboxylic acids is 3. The molecule has 3 aliphatic rings. The van der Waals surface area contributed by atoms with Gasteiger partial charge in [0.25, 0.3) is 0 Å². The Bertz CT molecular complexity index is 1410. The van der Waals surface area contributed by atoms with Crippen molar-refractivity contribution < 1.29 is 28.2 Å². The third kappa shape index (κ3) is 6.19. The van der Waals surface area contributed by atoms with E-state index in [4.69, 9.17) is 9.47 Å². The van der Waals surface area contributed by atoms with Crippen LogP contribution in [0.4, 0.5) is 4.39 Å². The number of hydrogen-bond donors (Lipinski definition) is 2. The van der Waals surface area contributed by atoms with Gasteiger partial charge in [0.2, 0.25) is 17.7 Å². The molecule has 6 rings (SSSR count). The molecule has 8 bridgehead atoms. The van der Waals surface area contributed by atoms with Gasteiger partial charge in [-0.05, 0) is 71.5 Å². The molecule has 0 aliphatic carbocycles. The van der Waals surface area contributed by atoms with Crippen LogP contribution in [0.3, 0.4) is 0 Å². The fourth-order valence-corrected chi connectivity index (χ4v) is 4.97. The van der Waals surface area contributed by atoms with Gasteiger partial charge in [-0.3, -0.25) is 14.4 Å². The molecule has 0 aromatic heterocycles. The minimum absolute atomic E-state index is 0.0405. The monoisotopic (exact) mass is 531 g/mol. The van der Waals surface area contributed by atoms with E-state index in [1.807, 2.05) is 36.4 Å². The SMILES string of the molecule is CC(=O)NCC(=O)N1CCc2cc3ccc2C1c1cccc(c1)OCCCNC(=O)Cc1ccc(F)c(c1)O3. The lowest BCUT2D eigenvalue weighted by Crippen LogP contribution is -2.45. The number of carbonyl (C=O) groups is 3. The van der Waals surface area contributed by atoms with E-state index in [1.54, 1.807) is 23.1 Å². The summed E-state index contributed by atoms with van der Waals surface area (Å²) in [6.45, 7) is 2.55. The first kappa shape index (κ1) is 26.2. The van der Waals surface area contributed by atoms with Crippen molar-refractivity contribution in [3.8, 4) is 17.2 Å². The van der Waals surface area contributed by atoms with E-state index in [9.17, 15) is 18.8 Å². The molecule has 3 aliphatic heterocycles. The molecule has 0 saturated carbocycles. The van der Waals surface area contributed by atoms with Gasteiger partial charge in [-0.1, -0.05) is 24.3 Å². The van der Waals surface area contributed by atoms with Gasteiger partial charge >= 0.3 is 0 Å². The fourth-order valence-electron chi connectivity index (χ4n) is 4.97. The lowest BCUT2D eigenvalue weighted by molar-refractivity contribution is -0.134. The van der Waals surface area contributed by atoms with Crippen LogP contribution in [-0.2, 0) is 27.2 Å². The third-order valence-corrected chi connectivity index (χ3v) is 6.83. The maximum Gasteiger partial charge on any atom is 0.242 e. The van der Waals surface area contributed by atoms with Gasteiger partial charge in [0, 0.05) is 20.0 Å². The summed E-state index contributed by atoms with van der Waals surface area (Å²) >= 11 is 0. The van der Waals surface area contributed by atoms with Gasteiger partial charge in [0.15, 0.2) is 11.6 Å². The van der Waals surface area contributed by atoms with Crippen molar-refractivity contribution in [3.05, 3.63) is 88.7 Å². The maximum atomic E-state index is 14.6. The Hall–Kier alpha value is -4.40. The lowest BCUT2D eigenvalue weighted by atomic mass is 9.87. The molecule has 39 heavy (non-hydrogen) atoms. The van der Waals surface area contributed by atoms with Gasteiger partial charge in [-0.2, -0.15) is 0 Å². The van der Waals surface area contributed by atoms with E-state index < -0.39 is 11.9 Å². The van der Waals surface area contributed by atoms with Gasteiger partial charge < -0.3 is 25.0 Å². The van der Waals surface area contributed by atoms with Crippen LogP contribution in [0.15, 0.2) is 60.7 Å². The van der Waals surface area contributed by atoms with Crippen LogP contribution < -0.4 is 20.1 Å². The molecule has 3 heterocycles. The smallest absolute Gasteiger partial charge is 0.242 e. The zero-order chi connectivity index (χ0) is 27.4. The second kappa shape index (κ2) is 11.6. The highest BCUT2D eigenvalue weighted by molar-refractivity contribution is 5.84. The fraction of sp³-hybridized carbons (Fsp3) is 0.300. The molecule has 0 spiro atoms. The number of halogens is 1. The summed E-state index contributed by atoms with van der Waals surface area (Å²) in [5, 5.41) is 5.47. The minimum Gasteiger partial charge on any atom is -0.494 e. The molecule has 3 aromatic carbocycles. The molecule has 202 valence electrons. The Morgan fingerprint density at radius 2 is 1.97 bits per heavy atom. The zero-order valence-corrected chi connectivity index (χ0v) is 21.7. The van der Waals surface area contributed by atoms with Gasteiger partial charge in [0.1, 0.15) is 11.5 Å². The Morgan fingerprint density at radius 1 is 1.10 bits per heavy atom. The summed E-state index contributed by atoms with van der Waals surface area (Å²) in [7, 11) is 0. The van der Waals surface area contributed by atoms with E-state index >= 15 is 0 Å². The minimum atomic E-state index is -0.524. The predicted molar refractivity (Wildman–Crippen MR) is 142 cm³/mol. The number of nitrogens with zero attached hydrogens (tertiary/aromatic N) is 1. The molecule has 0 fully saturated rings. The number of benzene rings is 3. The Morgan fingerprint density at radius 3 is 2.82 bits per heavy atom. The topological polar surface area (TPSA) is 97.0 Å². The predicted octanol–water partition coefficient (Wildman–Crippen LogP) is 3.67. The molecular weight excluding hydrogens is 501 g/mol. The second-order valence-electron chi connectivity index (χ2n) is 9.68. The summed E-state index contributed by atoms with van der Waals surface area (Å²) in [5.41, 5.74) is 3.40. The van der Waals surface area contributed by atoms with Gasteiger partial charge in [-0.15, -0.1) is 0 Å². The van der Waals surface area contributed by atoms with E-state index in [-0.39, 0.29) is 36.4 Å². The van der Waals surface area contributed by atoms with Crippen molar-refractivity contribution in [3.63, 3.8) is 0 Å². The summed E-state index contributed by atoms with van der Waals surface area (Å²) in [4.78, 5) is 38.8. The van der Waals surface area contributed by atoms with E-state index in [0.717, 1.165) is 16.7 Å². The van der Waals surface area contributed by atoms with Crippen LogP contribution in [0.1, 0.15) is 41.6 Å². The van der Waals surface area contributed by atoms with Crippen LogP contribution in [0.2, 0.25) is 0 Å². The van der Waals surface area contributed by atoms with Crippen molar-refractivity contribution in [2.45, 2.75) is 32.2 Å². The van der Waals surface area contributed by atoms with E-state index in [2.05, 4.69) is 10.6 Å². The van der Waals surface area contributed by atoms with Crippen LogP contribution in [-0.4, -0.2) is 48.9 Å². The van der Waals surface area contributed by atoms with Crippen LogP contribution in [0, 0.1) is 5.82 Å². The molecule has 3 aromatic rings. The Labute approximate surface area is 226 Å². The molecule has 1 atom stereocenters. The van der Waals surface area contributed by atoms with Crippen molar-refractivity contribution in [2.24, 2.45) is 0 Å². The molecule has 0 radical (unpaired) electrons. The second-order valence-corrected chi connectivity index (χ2v) is 9.68. The summed E-state index contributed by atoms with van der Waals surface area (Å²) in [5.74, 6) is -0.00275. The maximum absolute atomic E-state index is 14.6. The molecule has 8 nitrogen and oxygen atoms in total. The van der Waals surface area contributed by atoms with Crippen LogP contribution in [0.5, 0.6) is 17.2 Å². The van der Waals surface area contributed by atoms with Crippen LogP contribution in [0.25, 0.3) is 0 Å². The summed E-state index contributed by atoms with van der Waals surface area (Å²) < 4.78 is 26.5. The van der Waals surface area contributed by atoms with Gasteiger partial charge in [0.05, 0.1) is 25.6 Å². The zero-order valence-electron chi connectivity index (χ0n) is 21.7. The highest BCUT2D eigenvalue weighted by atomic mass is 19.1. The van der Waals surface area contributed by atoms with Gasteiger partial charge in [-0.25, -0.2) is 4.39 Å².